The number of hydrogen-bond donors (Lipinski definition) is 3. The summed E-state index contributed by atoms with van der Waals surface area (Å²) in [6, 6.07) is 1.95. The summed E-state index contributed by atoms with van der Waals surface area (Å²) < 4.78 is 0. The van der Waals surface area contributed by atoms with Gasteiger partial charge in [0, 0.05) is 40.6 Å². The Morgan fingerprint density at radius 3 is 1.42 bits per heavy atom. The van der Waals surface area contributed by atoms with Crippen LogP contribution >= 0.6 is 0 Å². The van der Waals surface area contributed by atoms with Crippen LogP contribution in [0.4, 0.5) is 0 Å². The van der Waals surface area contributed by atoms with Crippen LogP contribution in [0.1, 0.15) is 215 Å². The molecule has 0 aromatic rings. The Balaban J connectivity index is 1.03. The van der Waals surface area contributed by atoms with E-state index < -0.39 is 0 Å². The van der Waals surface area contributed by atoms with Crippen molar-refractivity contribution in [2.75, 3.05) is 0 Å². The molecule has 3 heteroatoms. The predicted octanol–water partition coefficient (Wildman–Crippen LogP) is 14.2. The quantitative estimate of drug-likeness (QED) is 0.0975. The van der Waals surface area contributed by atoms with Crippen molar-refractivity contribution in [3.63, 3.8) is 0 Å². The summed E-state index contributed by atoms with van der Waals surface area (Å²) in [5.41, 5.74) is 4.29. The van der Waals surface area contributed by atoms with Crippen LogP contribution in [-0.4, -0.2) is 18.1 Å². The third-order valence-corrected chi connectivity index (χ3v) is 14.7. The average molecular weight is 720 g/mol. The van der Waals surface area contributed by atoms with Gasteiger partial charge >= 0.3 is 0 Å². The van der Waals surface area contributed by atoms with Crippen LogP contribution in [0.15, 0.2) is 36.8 Å². The molecule has 4 rings (SSSR count). The van der Waals surface area contributed by atoms with Gasteiger partial charge in [0.15, 0.2) is 0 Å². The van der Waals surface area contributed by atoms with E-state index in [1.165, 1.54) is 178 Å². The second-order valence-corrected chi connectivity index (χ2v) is 20.8. The lowest BCUT2D eigenvalue weighted by Gasteiger charge is -2.37. The Morgan fingerprint density at radius 1 is 0.519 bits per heavy atom. The highest BCUT2D eigenvalue weighted by molar-refractivity contribution is 5.07. The first-order valence-electron chi connectivity index (χ1n) is 23.1. The fraction of sp³-hybridized carbons (Fsp3) is 0.878. The van der Waals surface area contributed by atoms with E-state index in [2.05, 4.69) is 77.2 Å². The van der Waals surface area contributed by atoms with Crippen LogP contribution in [0.5, 0.6) is 0 Å². The van der Waals surface area contributed by atoms with Crippen molar-refractivity contribution in [2.24, 2.45) is 40.4 Å². The lowest BCUT2D eigenvalue weighted by atomic mass is 9.74. The van der Waals surface area contributed by atoms with Gasteiger partial charge in [0.2, 0.25) is 0 Å². The maximum Gasteiger partial charge on any atom is 0.0258 e. The van der Waals surface area contributed by atoms with Gasteiger partial charge in [-0.2, -0.15) is 0 Å². The minimum atomic E-state index is 0.147. The van der Waals surface area contributed by atoms with Crippen molar-refractivity contribution in [2.45, 2.75) is 233 Å². The topological polar surface area (TPSA) is 36.1 Å². The lowest BCUT2D eigenvalue weighted by molar-refractivity contribution is 0.204. The molecule has 0 unspecified atom stereocenters. The lowest BCUT2D eigenvalue weighted by Crippen LogP contribution is -2.37. The molecule has 0 amide bonds. The van der Waals surface area contributed by atoms with Crippen molar-refractivity contribution in [1.29, 1.82) is 0 Å². The van der Waals surface area contributed by atoms with Crippen LogP contribution in [-0.2, 0) is 0 Å². The number of rotatable bonds is 22. The fourth-order valence-electron chi connectivity index (χ4n) is 10.9. The van der Waals surface area contributed by atoms with E-state index in [4.69, 9.17) is 0 Å². The molecule has 4 aliphatic carbocycles. The summed E-state index contributed by atoms with van der Waals surface area (Å²) in [5.74, 6) is 4.85. The van der Waals surface area contributed by atoms with E-state index in [1.54, 1.807) is 0 Å². The van der Waals surface area contributed by atoms with Gasteiger partial charge in [0.25, 0.3) is 0 Å². The molecule has 0 aromatic carbocycles. The highest BCUT2D eigenvalue weighted by atomic mass is 14.9. The van der Waals surface area contributed by atoms with E-state index in [0.717, 1.165) is 42.4 Å². The Kier molecular flexibility index (Phi) is 18.0. The number of unbranched alkanes of at least 4 members (excludes halogenated alkanes) is 3. The molecule has 4 aliphatic rings. The van der Waals surface area contributed by atoms with Gasteiger partial charge in [0.05, 0.1) is 0 Å². The third kappa shape index (κ3) is 15.8. The molecule has 0 heterocycles. The summed E-state index contributed by atoms with van der Waals surface area (Å²) in [5, 5.41) is 11.6. The first-order chi connectivity index (χ1) is 24.8. The van der Waals surface area contributed by atoms with Crippen LogP contribution in [0.3, 0.4) is 0 Å². The largest absolute Gasteiger partial charge is 0.386 e. The fourth-order valence-corrected chi connectivity index (χ4v) is 10.9. The molecule has 0 spiro atoms. The van der Waals surface area contributed by atoms with Gasteiger partial charge in [-0.15, -0.1) is 0 Å². The monoisotopic (exact) mass is 720 g/mol. The van der Waals surface area contributed by atoms with E-state index in [1.807, 2.05) is 0 Å². The molecule has 0 saturated heterocycles. The first-order valence-corrected chi connectivity index (χ1v) is 23.1. The Morgan fingerprint density at radius 2 is 0.942 bits per heavy atom. The minimum Gasteiger partial charge on any atom is -0.386 e. The SMILES string of the molecule is C=C(CCCCC)NC1CCC(CC2CCC(NC(=C)C(C)(C)CCCCC(C)(C)CC(=C)NC3CCC(CC4CCC(C)CC4)CC3)CC2)CC1. The molecule has 52 heavy (non-hydrogen) atoms. The van der Waals surface area contributed by atoms with Crippen molar-refractivity contribution >= 4 is 0 Å². The molecule has 300 valence electrons. The first kappa shape index (κ1) is 43.3. The standard InChI is InChI=1S/C49H89N3/c1-10-11-12-15-38(3)50-45-26-20-43(21-27-45)35-44-24-30-47(31-25-44)52-40(5)49(8,9)33-14-13-32-48(6,7)36-39(4)51-46-28-22-42(23-29-46)34-41-18-16-37(2)17-19-41/h37,41-47,50-52H,3-5,10-36H2,1-2,6-9H3. The normalized spacial score (nSPS) is 30.3. The van der Waals surface area contributed by atoms with Crippen LogP contribution in [0, 0.1) is 40.4 Å². The van der Waals surface area contributed by atoms with Crippen LogP contribution in [0.2, 0.25) is 0 Å². The summed E-state index contributed by atoms with van der Waals surface area (Å²) in [4.78, 5) is 0. The zero-order valence-corrected chi connectivity index (χ0v) is 35.8. The minimum absolute atomic E-state index is 0.147. The zero-order valence-electron chi connectivity index (χ0n) is 35.8. The Bertz CT molecular complexity index is 1040. The molecule has 0 aromatic heterocycles. The smallest absolute Gasteiger partial charge is 0.0258 e. The second kappa shape index (κ2) is 21.6. The van der Waals surface area contributed by atoms with Gasteiger partial charge < -0.3 is 16.0 Å². The molecule has 4 fully saturated rings. The molecule has 0 atom stereocenters. The van der Waals surface area contributed by atoms with E-state index in [0.29, 0.717) is 23.5 Å². The Hall–Kier alpha value is -1.38. The number of nitrogens with one attached hydrogen (secondary N) is 3. The van der Waals surface area contributed by atoms with Gasteiger partial charge in [-0.1, -0.05) is 113 Å². The van der Waals surface area contributed by atoms with E-state index in [9.17, 15) is 0 Å². The molecule has 3 N–H and O–H groups in total. The maximum atomic E-state index is 4.60. The van der Waals surface area contributed by atoms with Crippen molar-refractivity contribution < 1.29 is 0 Å². The van der Waals surface area contributed by atoms with Gasteiger partial charge in [-0.25, -0.2) is 0 Å². The zero-order chi connectivity index (χ0) is 37.6. The molecule has 0 aliphatic heterocycles. The van der Waals surface area contributed by atoms with E-state index >= 15 is 0 Å². The van der Waals surface area contributed by atoms with E-state index in [-0.39, 0.29) is 5.41 Å². The highest BCUT2D eigenvalue weighted by Gasteiger charge is 2.31. The van der Waals surface area contributed by atoms with Crippen LogP contribution in [0.25, 0.3) is 0 Å². The van der Waals surface area contributed by atoms with Crippen molar-refractivity contribution in [1.82, 2.24) is 16.0 Å². The molecular formula is C49H89N3. The van der Waals surface area contributed by atoms with Crippen LogP contribution < -0.4 is 16.0 Å². The summed E-state index contributed by atoms with van der Waals surface area (Å²) >= 11 is 0. The number of hydrogen-bond acceptors (Lipinski definition) is 3. The Labute approximate surface area is 325 Å². The molecule has 3 nitrogen and oxygen atoms in total. The van der Waals surface area contributed by atoms with Gasteiger partial charge in [0.1, 0.15) is 0 Å². The molecule has 0 radical (unpaired) electrons. The summed E-state index contributed by atoms with van der Waals surface area (Å²) in [7, 11) is 0. The predicted molar refractivity (Wildman–Crippen MR) is 229 cm³/mol. The third-order valence-electron chi connectivity index (χ3n) is 14.7. The molecule has 0 bridgehead atoms. The van der Waals surface area contributed by atoms with Gasteiger partial charge in [-0.3, -0.25) is 0 Å². The number of allylic oxidation sites excluding steroid dienone is 3. The van der Waals surface area contributed by atoms with Gasteiger partial charge in [-0.05, 0) is 157 Å². The highest BCUT2D eigenvalue weighted by Crippen LogP contribution is 2.40. The summed E-state index contributed by atoms with van der Waals surface area (Å²) in [6.45, 7) is 27.9. The second-order valence-electron chi connectivity index (χ2n) is 20.8. The van der Waals surface area contributed by atoms with Crippen molar-refractivity contribution in [3.05, 3.63) is 36.8 Å². The maximum absolute atomic E-state index is 4.60. The summed E-state index contributed by atoms with van der Waals surface area (Å²) in [6.07, 6.45) is 36.6. The molecular weight excluding hydrogens is 631 g/mol. The average Bonchev–Trinajstić information content (AvgIpc) is 3.10. The molecule has 4 saturated carbocycles. The van der Waals surface area contributed by atoms with Crippen molar-refractivity contribution in [3.8, 4) is 0 Å².